The predicted molar refractivity (Wildman–Crippen MR) is 586 cm³/mol. The molecule has 148 heavy (non-hydrogen) atoms. The zero-order valence-corrected chi connectivity index (χ0v) is 84.3. The van der Waals surface area contributed by atoms with Crippen molar-refractivity contribution in [3.05, 3.63) is 431 Å². The molecule has 0 aliphatic carbocycles. The number of hydrogen-bond acceptors (Lipinski definition) is 18. The molecule has 0 amide bonds. The van der Waals surface area contributed by atoms with Gasteiger partial charge in [0.1, 0.15) is 14.1 Å². The smallest absolute Gasteiger partial charge is 0.212 e. The van der Waals surface area contributed by atoms with E-state index in [0.29, 0.717) is 73.8 Å². The summed E-state index contributed by atoms with van der Waals surface area (Å²) in [5.41, 5.74) is 34.3. The summed E-state index contributed by atoms with van der Waals surface area (Å²) in [5, 5.41) is 81.7. The highest BCUT2D eigenvalue weighted by atomic mass is 16.5. The summed E-state index contributed by atoms with van der Waals surface area (Å²) < 4.78 is 50.0. The van der Waals surface area contributed by atoms with Crippen LogP contribution >= 0.6 is 0 Å². The van der Waals surface area contributed by atoms with Gasteiger partial charge >= 0.3 is 0 Å². The topological polar surface area (TPSA) is 269 Å². The maximum atomic E-state index is 9.91. The van der Waals surface area contributed by atoms with Crippen LogP contribution in [0.15, 0.2) is 365 Å². The standard InChI is InChI=1S/C38H34NO4.C37H31NO4.C27H28NO4.C26H25NO4/c1-39-22-32(17-31-18-33(23-40)34(24-41)20-36(31)39)29-19-35(38(43-3)37(21-29)42-2)30-15-27(25-10-6-4-7-11-25)14-28(16-30)26-12-8-5-9-13-26;1-41-36-20-28(31-16-30-17-32(22-39)33(23-40)19-35(30)38-21-31)18-34(37(36)42-2)29-14-26(24-9-5-3-6-10-24)13-27(15-29)25-11-7-4-8-12-25;1-28-15-21(10-20-11-22(16-29)23(17-30)12-25(20)28)24-14-27(32-3)26(31-2)13-19(24)9-18-7-5-4-6-8-18;1-30-25-12-18(8-17-6-4-3-5-7-17)23(13-26(25)31-2)20-9-19-10-21(15-28)22(16-29)11-24(19)27-14-20/h4-22,40-41H,23-24H2,1-3H3;3-21,39-40H,22-23H2,1-2H3;4-8,10-15,29-30H,9,16-17H2,1-3H3;3-7,9-14,28-29H,8,15-16H2,1-2H3/q+1;;+1;. The number of methoxy groups -OCH3 is 8. The number of benzene rings is 16. The molecule has 0 spiro atoms. The second-order valence-electron chi connectivity index (χ2n) is 36.0. The quantitative estimate of drug-likeness (QED) is 0.0194. The second-order valence-corrected chi connectivity index (χ2v) is 36.0. The van der Waals surface area contributed by atoms with Gasteiger partial charge in [-0.1, -0.05) is 182 Å². The molecule has 744 valence electrons. The monoisotopic (exact) mass is 1970 g/mol. The summed E-state index contributed by atoms with van der Waals surface area (Å²) in [4.78, 5) is 9.31. The summed E-state index contributed by atoms with van der Waals surface area (Å²) in [6.07, 6.45) is 9.30. The Kier molecular flexibility index (Phi) is 33.2. The number of rotatable bonds is 30. The number of aryl methyl sites for hydroxylation is 2. The number of fused-ring (bicyclic) bond motifs is 4. The Morgan fingerprint density at radius 2 is 0.473 bits per heavy atom. The first-order chi connectivity index (χ1) is 72.4. The van der Waals surface area contributed by atoms with Crippen LogP contribution in [-0.4, -0.2) is 108 Å². The first-order valence-corrected chi connectivity index (χ1v) is 48.6. The molecule has 8 N–H and O–H groups in total. The van der Waals surface area contributed by atoms with Crippen molar-refractivity contribution < 1.29 is 87.9 Å². The maximum Gasteiger partial charge on any atom is 0.212 e. The lowest BCUT2D eigenvalue weighted by Crippen LogP contribution is -2.29. The van der Waals surface area contributed by atoms with E-state index < -0.39 is 0 Å². The first kappa shape index (κ1) is 103. The largest absolute Gasteiger partial charge is 0.493 e. The fraction of sp³-hybridized carbons (Fsp3) is 0.156. The second kappa shape index (κ2) is 47.8. The molecule has 0 bridgehead atoms. The molecule has 0 fully saturated rings. The third kappa shape index (κ3) is 22.8. The van der Waals surface area contributed by atoms with E-state index in [1.807, 2.05) is 212 Å². The molecule has 0 atom stereocenters. The normalized spacial score (nSPS) is 11.0. The van der Waals surface area contributed by atoms with Crippen LogP contribution in [0, 0.1) is 0 Å². The van der Waals surface area contributed by atoms with E-state index in [-0.39, 0.29) is 52.9 Å². The number of aromatic nitrogens is 4. The summed E-state index contributed by atoms with van der Waals surface area (Å²) >= 11 is 0. The van der Waals surface area contributed by atoms with Crippen LogP contribution in [0.1, 0.15) is 66.8 Å². The van der Waals surface area contributed by atoms with Crippen molar-refractivity contribution in [3.63, 3.8) is 0 Å². The lowest BCUT2D eigenvalue weighted by molar-refractivity contribution is -0.644. The van der Waals surface area contributed by atoms with Crippen LogP contribution in [0.5, 0.6) is 46.0 Å². The average molecular weight is 1970 g/mol. The SMILES string of the molecule is COc1cc(-c2cc3cc(CO)c(CO)cc3[n+](C)c2)cc(-c2cc(-c3ccccc3)cc(-c3ccccc3)c2)c1OC.COc1cc(-c2cnc3cc(CO)c(CO)cc3c2)cc(-c2cc(-c3ccccc3)cc(-c3ccccc3)c2)c1OC.COc1cc(Cc2ccccc2)c(-c2cc3cc(CO)c(CO)cc3[n+](C)c2)cc1OC.COc1cc(Cc2ccccc2)c(-c2cnc3cc(CO)c(CO)cc3c2)cc1OC. The van der Waals surface area contributed by atoms with Crippen molar-refractivity contribution in [3.8, 4) is 157 Å². The number of hydrogen-bond donors (Lipinski definition) is 8. The molecule has 20 heteroatoms. The third-order valence-electron chi connectivity index (χ3n) is 27.0. The Hall–Kier alpha value is -16.8. The summed E-state index contributed by atoms with van der Waals surface area (Å²) in [5.74, 6) is 5.27. The molecule has 20 aromatic rings. The number of pyridine rings is 4. The van der Waals surface area contributed by atoms with E-state index in [1.54, 1.807) is 56.9 Å². The van der Waals surface area contributed by atoms with E-state index >= 15 is 0 Å². The molecule has 4 aromatic heterocycles. The summed E-state index contributed by atoms with van der Waals surface area (Å²) in [6, 6.07) is 115. The molecule has 4 heterocycles. The fourth-order valence-electron chi connectivity index (χ4n) is 19.3. The Bertz CT molecular complexity index is 8010. The van der Waals surface area contributed by atoms with Crippen molar-refractivity contribution >= 4 is 43.6 Å². The van der Waals surface area contributed by atoms with Gasteiger partial charge in [-0.05, 0) is 303 Å². The minimum absolute atomic E-state index is 0.107. The zero-order chi connectivity index (χ0) is 103. The van der Waals surface area contributed by atoms with Crippen LogP contribution in [0.25, 0.3) is 155 Å². The van der Waals surface area contributed by atoms with E-state index in [4.69, 9.17) is 37.9 Å². The summed E-state index contributed by atoms with van der Waals surface area (Å²) in [7, 11) is 17.2. The minimum atomic E-state index is -0.155. The van der Waals surface area contributed by atoms with Crippen LogP contribution in [-0.2, 0) is 79.8 Å². The van der Waals surface area contributed by atoms with Crippen molar-refractivity contribution in [1.82, 2.24) is 9.97 Å². The molecule has 0 radical (unpaired) electrons. The van der Waals surface area contributed by atoms with Crippen molar-refractivity contribution in [2.75, 3.05) is 56.9 Å². The Balaban J connectivity index is 0.000000136. The van der Waals surface area contributed by atoms with Crippen molar-refractivity contribution in [1.29, 1.82) is 0 Å². The molecule has 16 aromatic carbocycles. The highest BCUT2D eigenvalue weighted by Gasteiger charge is 2.26. The molecular weight excluding hydrogens is 1850 g/mol. The highest BCUT2D eigenvalue weighted by Crippen LogP contribution is 2.49. The van der Waals surface area contributed by atoms with Gasteiger partial charge in [-0.25, -0.2) is 9.13 Å². The maximum absolute atomic E-state index is 9.91. The molecule has 0 aliphatic heterocycles. The number of ether oxygens (including phenoxy) is 8. The molecule has 0 saturated heterocycles. The third-order valence-corrected chi connectivity index (χ3v) is 27.0. The van der Waals surface area contributed by atoms with Gasteiger partial charge in [-0.3, -0.25) is 9.97 Å². The minimum Gasteiger partial charge on any atom is -0.493 e. The van der Waals surface area contributed by atoms with Gasteiger partial charge in [0, 0.05) is 79.5 Å². The number of aliphatic hydroxyl groups is 8. The van der Waals surface area contributed by atoms with Crippen LogP contribution in [0.2, 0.25) is 0 Å². The van der Waals surface area contributed by atoms with Crippen LogP contribution < -0.4 is 47.0 Å². The van der Waals surface area contributed by atoms with Gasteiger partial charge in [0.15, 0.2) is 58.4 Å². The Morgan fingerprint density at radius 3 is 0.818 bits per heavy atom. The predicted octanol–water partition coefficient (Wildman–Crippen LogP) is 23.7. The Labute approximate surface area is 861 Å². The molecule has 0 unspecified atom stereocenters. The van der Waals surface area contributed by atoms with Crippen molar-refractivity contribution in [2.45, 2.75) is 65.7 Å². The van der Waals surface area contributed by atoms with Gasteiger partial charge < -0.3 is 78.7 Å². The number of aliphatic hydroxyl groups excluding tert-OH is 8. The molecule has 0 aliphatic rings. The van der Waals surface area contributed by atoms with Gasteiger partial charge in [-0.2, -0.15) is 0 Å². The number of nitrogens with zero attached hydrogens (tertiary/aromatic N) is 4. The van der Waals surface area contributed by atoms with E-state index in [9.17, 15) is 40.9 Å². The zero-order valence-electron chi connectivity index (χ0n) is 84.3. The molecule has 20 nitrogen and oxygen atoms in total. The average Bonchev–Trinajstić information content (AvgIpc) is 0.757. The first-order valence-electron chi connectivity index (χ1n) is 48.6. The van der Waals surface area contributed by atoms with Gasteiger partial charge in [-0.15, -0.1) is 0 Å². The van der Waals surface area contributed by atoms with Gasteiger partial charge in [0.25, 0.3) is 0 Å². The van der Waals surface area contributed by atoms with E-state index in [2.05, 4.69) is 186 Å². The van der Waals surface area contributed by atoms with E-state index in [0.717, 1.165) is 196 Å². The molecule has 0 saturated carbocycles. The lowest BCUT2D eigenvalue weighted by Gasteiger charge is -2.18. The van der Waals surface area contributed by atoms with E-state index in [1.165, 1.54) is 11.1 Å². The molecular formula is C128H118N4O16+2. The highest BCUT2D eigenvalue weighted by molar-refractivity contribution is 5.94. The van der Waals surface area contributed by atoms with Gasteiger partial charge in [0.2, 0.25) is 11.0 Å². The van der Waals surface area contributed by atoms with Crippen LogP contribution in [0.4, 0.5) is 0 Å². The molecule has 20 rings (SSSR count). The lowest BCUT2D eigenvalue weighted by atomic mass is 9.91. The summed E-state index contributed by atoms with van der Waals surface area (Å²) in [6.45, 7) is -1.06. The van der Waals surface area contributed by atoms with Gasteiger partial charge in [0.05, 0.1) is 121 Å². The Morgan fingerprint density at radius 1 is 0.203 bits per heavy atom. The van der Waals surface area contributed by atoms with Crippen molar-refractivity contribution in [2.24, 2.45) is 14.1 Å². The fourth-order valence-corrected chi connectivity index (χ4v) is 19.3. The van der Waals surface area contributed by atoms with Crippen LogP contribution in [0.3, 0.4) is 0 Å².